The van der Waals surface area contributed by atoms with Gasteiger partial charge in [-0.2, -0.15) is 0 Å². The summed E-state index contributed by atoms with van der Waals surface area (Å²) in [6.07, 6.45) is 4.76. The molecule has 0 saturated heterocycles. The number of carbonyl (C=O) groups is 1. The van der Waals surface area contributed by atoms with Crippen LogP contribution in [0.4, 0.5) is 4.39 Å². The average molecular weight is 307 g/mol. The highest BCUT2D eigenvalue weighted by Crippen LogP contribution is 2.26. The maximum Gasteiger partial charge on any atom is 0.330 e. The molecule has 3 nitrogen and oxygen atoms in total. The predicted octanol–water partition coefficient (Wildman–Crippen LogP) is 4.23. The van der Waals surface area contributed by atoms with Crippen LogP contribution in [0.25, 0.3) is 28.1 Å². The van der Waals surface area contributed by atoms with E-state index in [1.165, 1.54) is 25.3 Å². The molecule has 0 bridgehead atoms. The molecule has 3 aromatic rings. The summed E-state index contributed by atoms with van der Waals surface area (Å²) in [7, 11) is 1.33. The van der Waals surface area contributed by atoms with E-state index >= 15 is 0 Å². The Kier molecular flexibility index (Phi) is 4.15. The predicted molar refractivity (Wildman–Crippen MR) is 88.2 cm³/mol. The fraction of sp³-hybridized carbons (Fsp3) is 0.0526. The van der Waals surface area contributed by atoms with E-state index in [9.17, 15) is 9.18 Å². The molecule has 0 saturated carbocycles. The van der Waals surface area contributed by atoms with Gasteiger partial charge in [-0.1, -0.05) is 24.3 Å². The van der Waals surface area contributed by atoms with Gasteiger partial charge in [0.05, 0.1) is 12.6 Å². The van der Waals surface area contributed by atoms with Gasteiger partial charge >= 0.3 is 5.97 Å². The van der Waals surface area contributed by atoms with Gasteiger partial charge in [0.1, 0.15) is 5.82 Å². The van der Waals surface area contributed by atoms with Gasteiger partial charge < -0.3 is 4.74 Å². The number of esters is 1. The first-order chi connectivity index (χ1) is 11.2. The fourth-order valence-corrected chi connectivity index (χ4v) is 2.37. The SMILES string of the molecule is COC(=O)C=Cc1cccc2ncc(-c3cccc(F)c3)cc12. The standard InChI is InChI=1S/C19H14FNO2/c1-23-19(22)9-8-13-4-3-7-18-17(13)11-15(12-21-18)14-5-2-6-16(20)10-14/h2-12H,1H3. The van der Waals surface area contributed by atoms with Gasteiger partial charge in [0.25, 0.3) is 0 Å². The molecule has 1 heterocycles. The van der Waals surface area contributed by atoms with Crippen LogP contribution in [0.5, 0.6) is 0 Å². The summed E-state index contributed by atoms with van der Waals surface area (Å²) in [5.41, 5.74) is 3.22. The lowest BCUT2D eigenvalue weighted by Gasteiger charge is -2.06. The topological polar surface area (TPSA) is 39.2 Å². The zero-order valence-corrected chi connectivity index (χ0v) is 12.5. The van der Waals surface area contributed by atoms with E-state index in [2.05, 4.69) is 9.72 Å². The third kappa shape index (κ3) is 3.26. The second-order valence-corrected chi connectivity index (χ2v) is 5.00. The van der Waals surface area contributed by atoms with Crippen LogP contribution in [0.2, 0.25) is 0 Å². The second kappa shape index (κ2) is 6.40. The molecule has 4 heteroatoms. The molecule has 23 heavy (non-hydrogen) atoms. The van der Waals surface area contributed by atoms with E-state index in [4.69, 9.17) is 0 Å². The van der Waals surface area contributed by atoms with Gasteiger partial charge in [-0.25, -0.2) is 9.18 Å². The summed E-state index contributed by atoms with van der Waals surface area (Å²) >= 11 is 0. The first-order valence-corrected chi connectivity index (χ1v) is 7.08. The molecule has 0 fully saturated rings. The van der Waals surface area contributed by atoms with Crippen molar-refractivity contribution in [3.8, 4) is 11.1 Å². The monoisotopic (exact) mass is 307 g/mol. The summed E-state index contributed by atoms with van der Waals surface area (Å²) in [5, 5.41) is 0.884. The van der Waals surface area contributed by atoms with Gasteiger partial charge in [0.15, 0.2) is 0 Å². The molecule has 0 aliphatic heterocycles. The number of aromatic nitrogens is 1. The Morgan fingerprint density at radius 3 is 2.74 bits per heavy atom. The molecule has 3 rings (SSSR count). The number of hydrogen-bond donors (Lipinski definition) is 0. The Hall–Kier alpha value is -3.01. The zero-order valence-electron chi connectivity index (χ0n) is 12.5. The number of carbonyl (C=O) groups excluding carboxylic acids is 1. The number of pyridine rings is 1. The van der Waals surface area contributed by atoms with Gasteiger partial charge in [0, 0.05) is 23.2 Å². The van der Waals surface area contributed by atoms with E-state index < -0.39 is 5.97 Å². The Morgan fingerprint density at radius 2 is 1.96 bits per heavy atom. The molecule has 1 aromatic heterocycles. The Morgan fingerprint density at radius 1 is 1.13 bits per heavy atom. The number of methoxy groups -OCH3 is 1. The zero-order chi connectivity index (χ0) is 16.2. The van der Waals surface area contributed by atoms with Crippen molar-refractivity contribution in [2.45, 2.75) is 0 Å². The highest BCUT2D eigenvalue weighted by molar-refractivity contribution is 5.94. The summed E-state index contributed by atoms with van der Waals surface area (Å²) in [5.74, 6) is -0.710. The Bertz CT molecular complexity index is 903. The van der Waals surface area contributed by atoms with Crippen LogP contribution in [0.1, 0.15) is 5.56 Å². The third-order valence-corrected chi connectivity index (χ3v) is 3.52. The van der Waals surface area contributed by atoms with Crippen LogP contribution >= 0.6 is 0 Å². The normalized spacial score (nSPS) is 11.0. The highest BCUT2D eigenvalue weighted by atomic mass is 19.1. The molecule has 0 amide bonds. The number of nitrogens with zero attached hydrogens (tertiary/aromatic N) is 1. The van der Waals surface area contributed by atoms with Crippen LogP contribution in [0, 0.1) is 5.82 Å². The molecule has 0 spiro atoms. The molecular weight excluding hydrogens is 293 g/mol. The first kappa shape index (κ1) is 14.9. The van der Waals surface area contributed by atoms with Crippen LogP contribution in [0.15, 0.2) is 60.8 Å². The average Bonchev–Trinajstić information content (AvgIpc) is 2.59. The molecule has 2 aromatic carbocycles. The molecule has 0 aliphatic carbocycles. The lowest BCUT2D eigenvalue weighted by atomic mass is 10.0. The molecule has 114 valence electrons. The van der Waals surface area contributed by atoms with Crippen molar-refractivity contribution in [1.82, 2.24) is 4.98 Å². The van der Waals surface area contributed by atoms with E-state index in [0.717, 1.165) is 27.6 Å². The summed E-state index contributed by atoms with van der Waals surface area (Å²) in [6, 6.07) is 14.0. The fourth-order valence-electron chi connectivity index (χ4n) is 2.37. The van der Waals surface area contributed by atoms with E-state index in [-0.39, 0.29) is 5.82 Å². The quantitative estimate of drug-likeness (QED) is 0.537. The van der Waals surface area contributed by atoms with Gasteiger partial charge in [-0.05, 0) is 41.5 Å². The van der Waals surface area contributed by atoms with Gasteiger partial charge in [-0.15, -0.1) is 0 Å². The summed E-state index contributed by atoms with van der Waals surface area (Å²) < 4.78 is 18.0. The number of hydrogen-bond acceptors (Lipinski definition) is 3. The minimum Gasteiger partial charge on any atom is -0.466 e. The Labute approximate surface area is 133 Å². The van der Waals surface area contributed by atoms with Crippen LogP contribution in [-0.2, 0) is 9.53 Å². The summed E-state index contributed by atoms with van der Waals surface area (Å²) in [4.78, 5) is 15.7. The number of fused-ring (bicyclic) bond motifs is 1. The van der Waals surface area contributed by atoms with E-state index in [0.29, 0.717) is 0 Å². The van der Waals surface area contributed by atoms with Crippen LogP contribution in [0.3, 0.4) is 0 Å². The van der Waals surface area contributed by atoms with E-state index in [1.807, 2.05) is 30.3 Å². The smallest absolute Gasteiger partial charge is 0.330 e. The van der Waals surface area contributed by atoms with Crippen LogP contribution < -0.4 is 0 Å². The lowest BCUT2D eigenvalue weighted by molar-refractivity contribution is -0.134. The number of rotatable bonds is 3. The maximum absolute atomic E-state index is 13.4. The van der Waals surface area contributed by atoms with Crippen molar-refractivity contribution >= 4 is 22.9 Å². The highest BCUT2D eigenvalue weighted by Gasteiger charge is 2.05. The molecule has 0 aliphatic rings. The molecule has 0 radical (unpaired) electrons. The van der Waals surface area contributed by atoms with Crippen molar-refractivity contribution < 1.29 is 13.9 Å². The minimum atomic E-state index is -0.420. The molecule has 0 atom stereocenters. The summed E-state index contributed by atoms with van der Waals surface area (Å²) in [6.45, 7) is 0. The van der Waals surface area contributed by atoms with E-state index in [1.54, 1.807) is 18.3 Å². The van der Waals surface area contributed by atoms with Gasteiger partial charge in [0.2, 0.25) is 0 Å². The number of ether oxygens (including phenoxy) is 1. The van der Waals surface area contributed by atoms with Crippen molar-refractivity contribution in [2.24, 2.45) is 0 Å². The van der Waals surface area contributed by atoms with Crippen LogP contribution in [-0.4, -0.2) is 18.1 Å². The number of benzene rings is 2. The maximum atomic E-state index is 13.4. The van der Waals surface area contributed by atoms with Crippen molar-refractivity contribution in [1.29, 1.82) is 0 Å². The largest absolute Gasteiger partial charge is 0.466 e. The molecule has 0 unspecified atom stereocenters. The minimum absolute atomic E-state index is 0.290. The molecule has 0 N–H and O–H groups in total. The van der Waals surface area contributed by atoms with Gasteiger partial charge in [-0.3, -0.25) is 4.98 Å². The lowest BCUT2D eigenvalue weighted by Crippen LogP contribution is -1.93. The third-order valence-electron chi connectivity index (χ3n) is 3.52. The molecular formula is C19H14FNO2. The van der Waals surface area contributed by atoms with Crippen molar-refractivity contribution in [2.75, 3.05) is 7.11 Å². The van der Waals surface area contributed by atoms with Crippen molar-refractivity contribution in [3.05, 3.63) is 72.2 Å². The number of halogens is 1. The second-order valence-electron chi connectivity index (χ2n) is 5.00. The van der Waals surface area contributed by atoms with Crippen molar-refractivity contribution in [3.63, 3.8) is 0 Å². The first-order valence-electron chi connectivity index (χ1n) is 7.08. The Balaban J connectivity index is 2.11.